The smallest absolute Gasteiger partial charge is 0.150 e. The molecule has 1 unspecified atom stereocenters. The zero-order valence-corrected chi connectivity index (χ0v) is 17.2. The number of aromatic nitrogens is 1. The number of nitrogens with zero attached hydrogens (tertiary/aromatic N) is 2. The fraction of sp³-hybridized carbons (Fsp3) is 0.292. The van der Waals surface area contributed by atoms with E-state index in [1.54, 1.807) is 0 Å². The summed E-state index contributed by atoms with van der Waals surface area (Å²) in [5.74, 6) is 0.965. The highest BCUT2D eigenvalue weighted by molar-refractivity contribution is 6.30. The number of hydrogen-bond acceptors (Lipinski definition) is 3. The van der Waals surface area contributed by atoms with Crippen LogP contribution in [0.25, 0.3) is 0 Å². The van der Waals surface area contributed by atoms with E-state index >= 15 is 0 Å². The molecule has 1 aliphatic heterocycles. The van der Waals surface area contributed by atoms with Crippen molar-refractivity contribution in [2.24, 2.45) is 0 Å². The molecule has 0 saturated heterocycles. The van der Waals surface area contributed by atoms with Crippen LogP contribution in [-0.4, -0.2) is 11.5 Å². The van der Waals surface area contributed by atoms with E-state index in [9.17, 15) is 0 Å². The molecular formula is C24H26ClN3. The molecule has 0 spiro atoms. The lowest BCUT2D eigenvalue weighted by atomic mass is 10.0. The molecule has 0 saturated carbocycles. The van der Waals surface area contributed by atoms with E-state index in [2.05, 4.69) is 60.5 Å². The number of rotatable bonds is 5. The van der Waals surface area contributed by atoms with Crippen molar-refractivity contribution >= 4 is 23.1 Å². The Labute approximate surface area is 172 Å². The van der Waals surface area contributed by atoms with E-state index in [0.717, 1.165) is 36.8 Å². The molecule has 0 aliphatic carbocycles. The van der Waals surface area contributed by atoms with Gasteiger partial charge in [-0.15, -0.1) is 0 Å². The SMILES string of the molecule is Cc1ccc(C(C)Nc2nccc3c2N(Cc2cccc(Cl)c2)CCC3)cc1. The molecule has 3 aromatic rings. The van der Waals surface area contributed by atoms with Gasteiger partial charge in [0.25, 0.3) is 0 Å². The van der Waals surface area contributed by atoms with Crippen molar-refractivity contribution in [1.82, 2.24) is 4.98 Å². The van der Waals surface area contributed by atoms with Gasteiger partial charge in [-0.2, -0.15) is 0 Å². The lowest BCUT2D eigenvalue weighted by Gasteiger charge is -2.33. The van der Waals surface area contributed by atoms with E-state index in [0.29, 0.717) is 0 Å². The number of nitrogens with one attached hydrogen (secondary N) is 1. The Morgan fingerprint density at radius 2 is 1.96 bits per heavy atom. The van der Waals surface area contributed by atoms with Gasteiger partial charge in [0.15, 0.2) is 0 Å². The third kappa shape index (κ3) is 4.15. The van der Waals surface area contributed by atoms with E-state index in [1.165, 1.54) is 27.9 Å². The Bertz CT molecular complexity index is 952. The number of pyridine rings is 1. The highest BCUT2D eigenvalue weighted by Gasteiger charge is 2.22. The first-order chi connectivity index (χ1) is 13.6. The third-order valence-corrected chi connectivity index (χ3v) is 5.63. The molecule has 1 N–H and O–H groups in total. The van der Waals surface area contributed by atoms with Gasteiger partial charge in [-0.05, 0) is 61.6 Å². The molecule has 4 heteroatoms. The van der Waals surface area contributed by atoms with Crippen LogP contribution in [0.4, 0.5) is 11.5 Å². The Morgan fingerprint density at radius 3 is 2.75 bits per heavy atom. The first-order valence-electron chi connectivity index (χ1n) is 9.90. The fourth-order valence-electron chi connectivity index (χ4n) is 3.88. The predicted octanol–water partition coefficient (Wildman–Crippen LogP) is 6.17. The van der Waals surface area contributed by atoms with Crippen LogP contribution in [0.3, 0.4) is 0 Å². The Kier molecular flexibility index (Phi) is 5.54. The molecule has 3 nitrogen and oxygen atoms in total. The summed E-state index contributed by atoms with van der Waals surface area (Å²) < 4.78 is 0. The Hall–Kier alpha value is -2.52. The zero-order valence-electron chi connectivity index (χ0n) is 16.5. The van der Waals surface area contributed by atoms with E-state index in [4.69, 9.17) is 16.6 Å². The molecule has 1 aliphatic rings. The summed E-state index contributed by atoms with van der Waals surface area (Å²) in [6, 6.07) is 19.2. The second-order valence-corrected chi connectivity index (χ2v) is 8.04. The van der Waals surface area contributed by atoms with Gasteiger partial charge in [0.2, 0.25) is 0 Å². The molecule has 0 bridgehead atoms. The summed E-state index contributed by atoms with van der Waals surface area (Å²) in [7, 11) is 0. The largest absolute Gasteiger partial charge is 0.364 e. The number of fused-ring (bicyclic) bond motifs is 1. The average Bonchev–Trinajstić information content (AvgIpc) is 2.69. The monoisotopic (exact) mass is 391 g/mol. The molecule has 2 heterocycles. The van der Waals surface area contributed by atoms with Gasteiger partial charge in [0, 0.05) is 24.3 Å². The van der Waals surface area contributed by atoms with Crippen molar-refractivity contribution in [2.75, 3.05) is 16.8 Å². The van der Waals surface area contributed by atoms with Crippen LogP contribution in [0, 0.1) is 6.92 Å². The van der Waals surface area contributed by atoms with Crippen LogP contribution in [0.5, 0.6) is 0 Å². The van der Waals surface area contributed by atoms with Crippen molar-refractivity contribution in [3.8, 4) is 0 Å². The molecule has 1 atom stereocenters. The van der Waals surface area contributed by atoms with Crippen molar-refractivity contribution in [3.05, 3.63) is 88.1 Å². The second-order valence-electron chi connectivity index (χ2n) is 7.60. The molecular weight excluding hydrogens is 366 g/mol. The highest BCUT2D eigenvalue weighted by atomic mass is 35.5. The maximum absolute atomic E-state index is 6.20. The van der Waals surface area contributed by atoms with Crippen LogP contribution in [0.15, 0.2) is 60.8 Å². The van der Waals surface area contributed by atoms with E-state index in [-0.39, 0.29) is 6.04 Å². The molecule has 0 fully saturated rings. The molecule has 0 radical (unpaired) electrons. The second kappa shape index (κ2) is 8.24. The van der Waals surface area contributed by atoms with Gasteiger partial charge in [-0.1, -0.05) is 53.6 Å². The molecule has 144 valence electrons. The minimum atomic E-state index is 0.189. The normalized spacial score (nSPS) is 14.5. The van der Waals surface area contributed by atoms with Gasteiger partial charge in [0.05, 0.1) is 11.7 Å². The van der Waals surface area contributed by atoms with Crippen LogP contribution in [0.2, 0.25) is 5.02 Å². The Morgan fingerprint density at radius 1 is 1.14 bits per heavy atom. The minimum Gasteiger partial charge on any atom is -0.364 e. The van der Waals surface area contributed by atoms with Crippen molar-refractivity contribution < 1.29 is 0 Å². The first-order valence-corrected chi connectivity index (χ1v) is 10.3. The minimum absolute atomic E-state index is 0.189. The van der Waals surface area contributed by atoms with Gasteiger partial charge >= 0.3 is 0 Å². The van der Waals surface area contributed by atoms with E-state index < -0.39 is 0 Å². The third-order valence-electron chi connectivity index (χ3n) is 5.39. The molecule has 4 rings (SSSR count). The van der Waals surface area contributed by atoms with Crippen LogP contribution in [-0.2, 0) is 13.0 Å². The summed E-state index contributed by atoms with van der Waals surface area (Å²) in [5.41, 5.74) is 6.36. The lowest BCUT2D eigenvalue weighted by molar-refractivity contribution is 0.688. The number of anilines is 2. The van der Waals surface area contributed by atoms with Gasteiger partial charge in [-0.25, -0.2) is 4.98 Å². The standard InChI is InChI=1S/C24H26ClN3/c1-17-8-10-20(11-9-17)18(2)27-24-23-21(12-13-26-24)6-4-14-28(23)16-19-5-3-7-22(25)15-19/h3,5,7-13,15,18H,4,6,14,16H2,1-2H3,(H,26,27). The lowest BCUT2D eigenvalue weighted by Crippen LogP contribution is -2.30. The number of benzene rings is 2. The van der Waals surface area contributed by atoms with Gasteiger partial charge in [0.1, 0.15) is 5.82 Å². The predicted molar refractivity (Wildman–Crippen MR) is 118 cm³/mol. The molecule has 0 amide bonds. The van der Waals surface area contributed by atoms with Crippen LogP contribution >= 0.6 is 11.6 Å². The quantitative estimate of drug-likeness (QED) is 0.563. The summed E-state index contributed by atoms with van der Waals surface area (Å²) in [6.45, 7) is 6.17. The summed E-state index contributed by atoms with van der Waals surface area (Å²) >= 11 is 6.20. The highest BCUT2D eigenvalue weighted by Crippen LogP contribution is 2.36. The Balaban J connectivity index is 1.62. The molecule has 1 aromatic heterocycles. The summed E-state index contributed by atoms with van der Waals surface area (Å²) in [4.78, 5) is 7.14. The van der Waals surface area contributed by atoms with Crippen molar-refractivity contribution in [3.63, 3.8) is 0 Å². The number of halogens is 1. The van der Waals surface area contributed by atoms with Crippen molar-refractivity contribution in [1.29, 1.82) is 0 Å². The fourth-order valence-corrected chi connectivity index (χ4v) is 4.10. The average molecular weight is 392 g/mol. The molecule has 28 heavy (non-hydrogen) atoms. The topological polar surface area (TPSA) is 28.2 Å². The maximum Gasteiger partial charge on any atom is 0.150 e. The van der Waals surface area contributed by atoms with Crippen molar-refractivity contribution in [2.45, 2.75) is 39.3 Å². The number of hydrogen-bond donors (Lipinski definition) is 1. The van der Waals surface area contributed by atoms with Gasteiger partial charge < -0.3 is 10.2 Å². The first kappa shape index (κ1) is 18.8. The summed E-state index contributed by atoms with van der Waals surface area (Å²) in [5, 5.41) is 4.44. The zero-order chi connectivity index (χ0) is 19.5. The maximum atomic E-state index is 6.20. The van der Waals surface area contributed by atoms with Crippen LogP contribution < -0.4 is 10.2 Å². The molecule has 2 aromatic carbocycles. The number of aryl methyl sites for hydroxylation is 2. The van der Waals surface area contributed by atoms with Crippen LogP contribution in [0.1, 0.15) is 41.6 Å². The van der Waals surface area contributed by atoms with E-state index in [1.807, 2.05) is 24.4 Å². The van der Waals surface area contributed by atoms with Gasteiger partial charge in [-0.3, -0.25) is 0 Å². The summed E-state index contributed by atoms with van der Waals surface area (Å²) in [6.07, 6.45) is 4.17.